The number of hydrogen-bond acceptors (Lipinski definition) is 6. The van der Waals surface area contributed by atoms with E-state index in [0.29, 0.717) is 38.3 Å². The molecule has 4 N–H and O–H groups in total. The number of rotatable bonds is 10. The van der Waals surface area contributed by atoms with Crippen molar-refractivity contribution >= 4 is 17.5 Å². The Kier molecular flexibility index (Phi) is 7.69. The zero-order chi connectivity index (χ0) is 23.6. The van der Waals surface area contributed by atoms with Crippen LogP contribution >= 0.6 is 11.6 Å². The van der Waals surface area contributed by atoms with Gasteiger partial charge < -0.3 is 25.2 Å². The van der Waals surface area contributed by atoms with E-state index in [4.69, 9.17) is 16.3 Å². The summed E-state index contributed by atoms with van der Waals surface area (Å²) in [6, 6.07) is 4.03. The van der Waals surface area contributed by atoms with Gasteiger partial charge in [0.05, 0.1) is 11.1 Å². The zero-order valence-corrected chi connectivity index (χ0v) is 18.8. The van der Waals surface area contributed by atoms with Crippen LogP contribution in [0.15, 0.2) is 18.2 Å². The Balaban J connectivity index is 1.16. The molecule has 1 aromatic rings. The van der Waals surface area contributed by atoms with Crippen molar-refractivity contribution in [3.05, 3.63) is 29.0 Å². The van der Waals surface area contributed by atoms with Crippen LogP contribution in [0.2, 0.25) is 5.02 Å². The van der Waals surface area contributed by atoms with Crippen molar-refractivity contribution in [1.29, 1.82) is 0 Å². The molecular formula is C22H29ClF3N3O4. The van der Waals surface area contributed by atoms with Crippen LogP contribution in [0.5, 0.6) is 5.75 Å². The van der Waals surface area contributed by atoms with Crippen LogP contribution in [0.4, 0.5) is 13.2 Å². The second kappa shape index (κ2) is 10.4. The van der Waals surface area contributed by atoms with Gasteiger partial charge in [-0.25, -0.2) is 4.39 Å². The van der Waals surface area contributed by atoms with Gasteiger partial charge in [-0.05, 0) is 50.2 Å². The SMILES string of the molecule is O=C(COc1ccc(Cl)c(F)c1)N[C@H]1CC2(C(O)NCC3CCC(OC(F)F)CN3)CC1C2. The number of piperidine rings is 1. The first-order chi connectivity index (χ1) is 15.7. The van der Waals surface area contributed by atoms with Crippen LogP contribution in [0.1, 0.15) is 32.1 Å². The summed E-state index contributed by atoms with van der Waals surface area (Å²) in [6.07, 6.45) is 2.33. The molecule has 11 heteroatoms. The van der Waals surface area contributed by atoms with E-state index in [2.05, 4.69) is 20.7 Å². The van der Waals surface area contributed by atoms with E-state index in [9.17, 15) is 23.1 Å². The monoisotopic (exact) mass is 491 g/mol. The third kappa shape index (κ3) is 5.92. The van der Waals surface area contributed by atoms with E-state index in [-0.39, 0.29) is 40.8 Å². The molecule has 1 aromatic carbocycles. The Hall–Kier alpha value is -1.59. The number of aliphatic hydroxyl groups excluding tert-OH is 1. The molecule has 7 nitrogen and oxygen atoms in total. The van der Waals surface area contributed by atoms with E-state index in [1.54, 1.807) is 0 Å². The maximum Gasteiger partial charge on any atom is 0.345 e. The highest BCUT2D eigenvalue weighted by atomic mass is 35.5. The van der Waals surface area contributed by atoms with Crippen LogP contribution in [-0.2, 0) is 9.53 Å². The summed E-state index contributed by atoms with van der Waals surface area (Å²) in [7, 11) is 0. The van der Waals surface area contributed by atoms with Crippen molar-refractivity contribution in [3.8, 4) is 5.75 Å². The Labute approximate surface area is 195 Å². The number of halogens is 4. The maximum absolute atomic E-state index is 13.5. The second-order valence-electron chi connectivity index (χ2n) is 9.29. The fourth-order valence-electron chi connectivity index (χ4n) is 5.30. The molecule has 1 aliphatic heterocycles. The van der Waals surface area contributed by atoms with Gasteiger partial charge in [0.1, 0.15) is 17.8 Å². The van der Waals surface area contributed by atoms with Gasteiger partial charge in [0.25, 0.3) is 5.91 Å². The number of alkyl halides is 2. The topological polar surface area (TPSA) is 91.9 Å². The average molecular weight is 492 g/mol. The van der Waals surface area contributed by atoms with Crippen molar-refractivity contribution in [2.24, 2.45) is 11.3 Å². The van der Waals surface area contributed by atoms with E-state index in [1.165, 1.54) is 12.1 Å². The number of carbonyl (C=O) groups is 1. The molecule has 2 bridgehead atoms. The molecule has 33 heavy (non-hydrogen) atoms. The number of aliphatic hydroxyl groups is 1. The minimum Gasteiger partial charge on any atom is -0.484 e. The summed E-state index contributed by atoms with van der Waals surface area (Å²) in [5, 5.41) is 20.1. The number of fused-ring (bicyclic) bond motifs is 1. The largest absolute Gasteiger partial charge is 0.484 e. The van der Waals surface area contributed by atoms with Gasteiger partial charge in [-0.15, -0.1) is 0 Å². The molecule has 0 radical (unpaired) electrons. The van der Waals surface area contributed by atoms with E-state index in [1.807, 2.05) is 0 Å². The molecule has 3 unspecified atom stereocenters. The molecule has 1 amide bonds. The Morgan fingerprint density at radius 1 is 1.30 bits per heavy atom. The number of benzene rings is 1. The lowest BCUT2D eigenvalue weighted by Gasteiger charge is -2.43. The number of amides is 1. The Bertz CT molecular complexity index is 835. The van der Waals surface area contributed by atoms with Gasteiger partial charge in [0.2, 0.25) is 0 Å². The first kappa shape index (κ1) is 24.5. The molecule has 3 saturated carbocycles. The maximum atomic E-state index is 13.5. The molecule has 4 atom stereocenters. The quantitative estimate of drug-likeness (QED) is 0.376. The fourth-order valence-corrected chi connectivity index (χ4v) is 5.42. The minimum absolute atomic E-state index is 0.0146. The molecule has 184 valence electrons. The van der Waals surface area contributed by atoms with E-state index < -0.39 is 24.8 Å². The van der Waals surface area contributed by atoms with Crippen molar-refractivity contribution in [2.75, 3.05) is 19.7 Å². The average Bonchev–Trinajstić information content (AvgIpc) is 3.29. The third-order valence-electron chi connectivity index (χ3n) is 7.04. The first-order valence-electron chi connectivity index (χ1n) is 11.2. The summed E-state index contributed by atoms with van der Waals surface area (Å²) >= 11 is 5.64. The van der Waals surface area contributed by atoms with Gasteiger partial charge >= 0.3 is 6.61 Å². The molecule has 0 spiro atoms. The number of nitrogens with one attached hydrogen (secondary N) is 3. The van der Waals surface area contributed by atoms with E-state index >= 15 is 0 Å². The first-order valence-corrected chi connectivity index (χ1v) is 11.6. The number of ether oxygens (including phenoxy) is 2. The summed E-state index contributed by atoms with van der Waals surface area (Å²) in [5.74, 6) is -0.382. The highest BCUT2D eigenvalue weighted by molar-refractivity contribution is 6.30. The molecular weight excluding hydrogens is 463 g/mol. The van der Waals surface area contributed by atoms with Gasteiger partial charge in [0, 0.05) is 36.7 Å². The summed E-state index contributed by atoms with van der Waals surface area (Å²) in [6.45, 7) is -2.11. The molecule has 1 saturated heterocycles. The van der Waals surface area contributed by atoms with Crippen LogP contribution in [0, 0.1) is 17.2 Å². The zero-order valence-electron chi connectivity index (χ0n) is 18.0. The number of carbonyl (C=O) groups excluding carboxylic acids is 1. The molecule has 5 rings (SSSR count). The standard InChI is InChI=1S/C22H29ClF3N3O4/c23-16-4-3-14(5-17(16)24)32-11-19(30)29-18-8-22(6-12(18)7-22)20(31)28-9-13-1-2-15(10-27-13)33-21(25)26/h3-5,12-13,15,18,20-21,27-28,31H,1-2,6-11H2,(H,29,30)/t12?,13?,15?,18-,20?,22?/m0/s1. The van der Waals surface area contributed by atoms with Crippen molar-refractivity contribution in [2.45, 2.75) is 63.1 Å². The van der Waals surface area contributed by atoms with E-state index in [0.717, 1.165) is 18.9 Å². The predicted molar refractivity (Wildman–Crippen MR) is 115 cm³/mol. The molecule has 3 aliphatic carbocycles. The molecule has 4 aliphatic rings. The minimum atomic E-state index is -2.76. The van der Waals surface area contributed by atoms with Crippen molar-refractivity contribution < 1.29 is 32.5 Å². The second-order valence-corrected chi connectivity index (χ2v) is 9.69. The van der Waals surface area contributed by atoms with Crippen LogP contribution in [-0.4, -0.2) is 61.7 Å². The molecule has 4 fully saturated rings. The van der Waals surface area contributed by atoms with Crippen LogP contribution < -0.4 is 20.7 Å². The van der Waals surface area contributed by atoms with Gasteiger partial charge in [0.15, 0.2) is 6.61 Å². The Morgan fingerprint density at radius 2 is 2.09 bits per heavy atom. The van der Waals surface area contributed by atoms with Gasteiger partial charge in [-0.3, -0.25) is 10.1 Å². The summed E-state index contributed by atoms with van der Waals surface area (Å²) in [5.41, 5.74) is -0.279. The molecule has 1 heterocycles. The van der Waals surface area contributed by atoms with Crippen molar-refractivity contribution in [1.82, 2.24) is 16.0 Å². The van der Waals surface area contributed by atoms with Gasteiger partial charge in [-0.1, -0.05) is 11.6 Å². The van der Waals surface area contributed by atoms with Crippen LogP contribution in [0.25, 0.3) is 0 Å². The third-order valence-corrected chi connectivity index (χ3v) is 7.35. The Morgan fingerprint density at radius 3 is 2.76 bits per heavy atom. The van der Waals surface area contributed by atoms with Crippen LogP contribution in [0.3, 0.4) is 0 Å². The smallest absolute Gasteiger partial charge is 0.345 e. The summed E-state index contributed by atoms with van der Waals surface area (Å²) in [4.78, 5) is 12.3. The lowest BCUT2D eigenvalue weighted by Crippen LogP contribution is -2.54. The highest BCUT2D eigenvalue weighted by Crippen LogP contribution is 2.60. The van der Waals surface area contributed by atoms with Crippen molar-refractivity contribution in [3.63, 3.8) is 0 Å². The van der Waals surface area contributed by atoms with Gasteiger partial charge in [-0.2, -0.15) is 8.78 Å². The summed E-state index contributed by atoms with van der Waals surface area (Å²) < 4.78 is 47.9. The highest BCUT2D eigenvalue weighted by Gasteiger charge is 2.59. The normalized spacial score (nSPS) is 31.8. The number of hydrogen-bond donors (Lipinski definition) is 4. The lowest BCUT2D eigenvalue weighted by molar-refractivity contribution is -0.167. The molecule has 0 aromatic heterocycles. The predicted octanol–water partition coefficient (Wildman–Crippen LogP) is 2.41. The lowest BCUT2D eigenvalue weighted by atomic mass is 9.68. The fraction of sp³-hybridized carbons (Fsp3) is 0.682.